The van der Waals surface area contributed by atoms with Gasteiger partial charge in [0.15, 0.2) is 0 Å². The summed E-state index contributed by atoms with van der Waals surface area (Å²) in [5.41, 5.74) is 1.88. The summed E-state index contributed by atoms with van der Waals surface area (Å²) in [4.78, 5) is 4.12. The number of rotatable bonds is 3. The first-order valence-corrected chi connectivity index (χ1v) is 6.53. The minimum Gasteiger partial charge on any atom is -0.436 e. The Bertz CT molecular complexity index is 572. The molecule has 1 heterocycles. The summed E-state index contributed by atoms with van der Waals surface area (Å²) in [6, 6.07) is 7.23. The molecule has 5 heteroatoms. The lowest BCUT2D eigenvalue weighted by molar-refractivity contribution is 0.463. The Hall–Kier alpha value is -0.960. The predicted molar refractivity (Wildman–Crippen MR) is 75.1 cm³/mol. The molecule has 0 bridgehead atoms. The van der Waals surface area contributed by atoms with Crippen molar-refractivity contribution in [3.05, 3.63) is 51.6 Å². The first-order valence-electron chi connectivity index (χ1n) is 5.24. The number of aromatic nitrogens is 1. The van der Waals surface area contributed by atoms with E-state index < -0.39 is 0 Å². The number of hydrogen-bond acceptors (Lipinski definition) is 2. The Labute approximate surface area is 120 Å². The SMILES string of the molecule is Cc1ccc(Cl)c(Oc2ncc(CCl)cc2Cl)c1. The number of ether oxygens (including phenoxy) is 1. The molecule has 0 unspecified atom stereocenters. The molecule has 2 rings (SSSR count). The van der Waals surface area contributed by atoms with E-state index in [0.717, 1.165) is 11.1 Å². The van der Waals surface area contributed by atoms with Gasteiger partial charge in [-0.05, 0) is 36.2 Å². The molecule has 0 amide bonds. The van der Waals surface area contributed by atoms with Gasteiger partial charge >= 0.3 is 0 Å². The fraction of sp³-hybridized carbons (Fsp3) is 0.154. The molecule has 0 saturated heterocycles. The van der Waals surface area contributed by atoms with Crippen molar-refractivity contribution in [2.45, 2.75) is 12.8 Å². The first-order chi connectivity index (χ1) is 8.60. The van der Waals surface area contributed by atoms with Gasteiger partial charge in [-0.25, -0.2) is 4.98 Å². The van der Waals surface area contributed by atoms with Crippen LogP contribution in [0, 0.1) is 6.92 Å². The van der Waals surface area contributed by atoms with Crippen molar-refractivity contribution in [2.24, 2.45) is 0 Å². The van der Waals surface area contributed by atoms with E-state index >= 15 is 0 Å². The van der Waals surface area contributed by atoms with Crippen LogP contribution in [0.1, 0.15) is 11.1 Å². The Kier molecular flexibility index (Phi) is 4.33. The van der Waals surface area contributed by atoms with E-state index in [9.17, 15) is 0 Å². The summed E-state index contributed by atoms with van der Waals surface area (Å²) in [5, 5.41) is 0.922. The molecule has 18 heavy (non-hydrogen) atoms. The highest BCUT2D eigenvalue weighted by molar-refractivity contribution is 6.32. The molecule has 0 spiro atoms. The highest BCUT2D eigenvalue weighted by Crippen LogP contribution is 2.33. The second kappa shape index (κ2) is 5.79. The smallest absolute Gasteiger partial charge is 0.238 e. The van der Waals surface area contributed by atoms with Gasteiger partial charge in [-0.1, -0.05) is 29.3 Å². The third-order valence-corrected chi connectivity index (χ3v) is 3.20. The summed E-state index contributed by atoms with van der Waals surface area (Å²) in [5.74, 6) is 1.21. The van der Waals surface area contributed by atoms with Gasteiger partial charge in [0.1, 0.15) is 10.8 Å². The van der Waals surface area contributed by atoms with Crippen molar-refractivity contribution < 1.29 is 4.74 Å². The summed E-state index contributed by atoms with van der Waals surface area (Å²) >= 11 is 17.8. The molecule has 1 aromatic heterocycles. The Morgan fingerprint density at radius 3 is 2.61 bits per heavy atom. The molecule has 0 aliphatic rings. The van der Waals surface area contributed by atoms with Crippen LogP contribution in [0.4, 0.5) is 0 Å². The zero-order valence-corrected chi connectivity index (χ0v) is 11.9. The van der Waals surface area contributed by atoms with Crippen molar-refractivity contribution >= 4 is 34.8 Å². The van der Waals surface area contributed by atoms with Crippen molar-refractivity contribution in [3.63, 3.8) is 0 Å². The third-order valence-electron chi connectivity index (χ3n) is 2.31. The summed E-state index contributed by atoms with van der Waals surface area (Å²) < 4.78 is 5.60. The van der Waals surface area contributed by atoms with Crippen LogP contribution in [0.3, 0.4) is 0 Å². The number of hydrogen-bond donors (Lipinski definition) is 0. The van der Waals surface area contributed by atoms with E-state index in [1.807, 2.05) is 19.1 Å². The minimum atomic E-state index is 0.318. The van der Waals surface area contributed by atoms with Crippen LogP contribution >= 0.6 is 34.8 Å². The van der Waals surface area contributed by atoms with Gasteiger partial charge in [-0.15, -0.1) is 11.6 Å². The molecule has 0 saturated carbocycles. The Balaban J connectivity index is 2.31. The summed E-state index contributed by atoms with van der Waals surface area (Å²) in [7, 11) is 0. The Morgan fingerprint density at radius 2 is 1.94 bits per heavy atom. The van der Waals surface area contributed by atoms with Crippen molar-refractivity contribution in [2.75, 3.05) is 0 Å². The monoisotopic (exact) mass is 301 g/mol. The van der Waals surface area contributed by atoms with E-state index in [1.165, 1.54) is 0 Å². The van der Waals surface area contributed by atoms with Gasteiger partial charge in [0, 0.05) is 12.1 Å². The molecule has 2 nitrogen and oxygen atoms in total. The normalized spacial score (nSPS) is 10.4. The van der Waals surface area contributed by atoms with E-state index in [2.05, 4.69) is 4.98 Å². The standard InChI is InChI=1S/C13H10Cl3NO/c1-8-2-3-10(15)12(4-8)18-13-11(16)5-9(6-14)7-17-13/h2-5,7H,6H2,1H3. The number of halogens is 3. The van der Waals surface area contributed by atoms with E-state index in [0.29, 0.717) is 27.6 Å². The molecule has 0 N–H and O–H groups in total. The van der Waals surface area contributed by atoms with E-state index in [-0.39, 0.29) is 0 Å². The van der Waals surface area contributed by atoms with E-state index in [4.69, 9.17) is 39.5 Å². The lowest BCUT2D eigenvalue weighted by Crippen LogP contribution is -1.92. The average molecular weight is 303 g/mol. The first kappa shape index (κ1) is 13.5. The number of aryl methyl sites for hydroxylation is 1. The zero-order valence-electron chi connectivity index (χ0n) is 9.58. The van der Waals surface area contributed by atoms with Crippen LogP contribution in [-0.2, 0) is 5.88 Å². The molecule has 1 aromatic carbocycles. The highest BCUT2D eigenvalue weighted by atomic mass is 35.5. The molecular formula is C13H10Cl3NO. The van der Waals surface area contributed by atoms with Crippen LogP contribution in [0.15, 0.2) is 30.5 Å². The summed E-state index contributed by atoms with van der Waals surface area (Å²) in [6.07, 6.45) is 1.62. The average Bonchev–Trinajstić information content (AvgIpc) is 2.36. The van der Waals surface area contributed by atoms with Gasteiger partial charge in [-0.2, -0.15) is 0 Å². The van der Waals surface area contributed by atoms with Crippen LogP contribution in [0.5, 0.6) is 11.6 Å². The lowest BCUT2D eigenvalue weighted by atomic mass is 10.2. The second-order valence-corrected chi connectivity index (χ2v) is 4.88. The van der Waals surface area contributed by atoms with Crippen LogP contribution in [0.25, 0.3) is 0 Å². The molecular weight excluding hydrogens is 293 g/mol. The second-order valence-electron chi connectivity index (χ2n) is 3.80. The number of benzene rings is 1. The molecule has 0 aliphatic heterocycles. The fourth-order valence-electron chi connectivity index (χ4n) is 1.41. The maximum absolute atomic E-state index is 6.06. The molecule has 0 radical (unpaired) electrons. The van der Waals surface area contributed by atoms with Crippen molar-refractivity contribution in [1.29, 1.82) is 0 Å². The maximum Gasteiger partial charge on any atom is 0.238 e. The van der Waals surface area contributed by atoms with Gasteiger partial charge < -0.3 is 4.74 Å². The van der Waals surface area contributed by atoms with Gasteiger partial charge in [0.05, 0.1) is 5.02 Å². The predicted octanol–water partition coefficient (Wildman–Crippen LogP) is 5.23. The number of alkyl halides is 1. The lowest BCUT2D eigenvalue weighted by Gasteiger charge is -2.09. The largest absolute Gasteiger partial charge is 0.436 e. The minimum absolute atomic E-state index is 0.318. The van der Waals surface area contributed by atoms with Crippen LogP contribution in [0.2, 0.25) is 10.0 Å². The molecule has 2 aromatic rings. The Morgan fingerprint density at radius 1 is 1.17 bits per heavy atom. The van der Waals surface area contributed by atoms with Gasteiger partial charge in [-0.3, -0.25) is 0 Å². The fourth-order valence-corrected chi connectivity index (χ4v) is 1.94. The maximum atomic E-state index is 6.06. The highest BCUT2D eigenvalue weighted by Gasteiger charge is 2.09. The van der Waals surface area contributed by atoms with E-state index in [1.54, 1.807) is 18.3 Å². The van der Waals surface area contributed by atoms with Crippen molar-refractivity contribution in [1.82, 2.24) is 4.98 Å². The zero-order chi connectivity index (χ0) is 13.1. The topological polar surface area (TPSA) is 22.1 Å². The third kappa shape index (κ3) is 3.08. The van der Waals surface area contributed by atoms with Crippen molar-refractivity contribution in [3.8, 4) is 11.6 Å². The van der Waals surface area contributed by atoms with Gasteiger partial charge in [0.25, 0.3) is 0 Å². The number of pyridine rings is 1. The number of nitrogens with zero attached hydrogens (tertiary/aromatic N) is 1. The van der Waals surface area contributed by atoms with Crippen LogP contribution < -0.4 is 4.74 Å². The van der Waals surface area contributed by atoms with Crippen LogP contribution in [-0.4, -0.2) is 4.98 Å². The molecule has 94 valence electrons. The molecule has 0 atom stereocenters. The summed E-state index contributed by atoms with van der Waals surface area (Å²) in [6.45, 7) is 1.95. The quantitative estimate of drug-likeness (QED) is 0.724. The van der Waals surface area contributed by atoms with Gasteiger partial charge in [0.2, 0.25) is 5.88 Å². The molecule has 0 aliphatic carbocycles. The molecule has 0 fully saturated rings.